The van der Waals surface area contributed by atoms with Crippen molar-refractivity contribution in [1.82, 2.24) is 5.32 Å². The molecule has 0 spiro atoms. The Bertz CT molecular complexity index is 429. The van der Waals surface area contributed by atoms with Gasteiger partial charge in [-0.25, -0.2) is 0 Å². The monoisotopic (exact) mass is 277 g/mol. The van der Waals surface area contributed by atoms with Crippen LogP contribution < -0.4 is 5.32 Å². The topological polar surface area (TPSA) is 49.3 Å². The standard InChI is InChI=1S/C17H27NO2/c1-12(2)10-15(11-19)18-16(20)13-6-8-14(9-7-13)17(3,4)5/h6-9,12,15,19H,10-11H2,1-5H3,(H,18,20). The summed E-state index contributed by atoms with van der Waals surface area (Å²) in [4.78, 5) is 12.1. The van der Waals surface area contributed by atoms with E-state index in [1.54, 1.807) is 0 Å². The molecule has 112 valence electrons. The summed E-state index contributed by atoms with van der Waals surface area (Å²) in [5.41, 5.74) is 1.93. The van der Waals surface area contributed by atoms with Crippen LogP contribution in [0.15, 0.2) is 24.3 Å². The highest BCUT2D eigenvalue weighted by Gasteiger charge is 2.16. The molecule has 0 saturated heterocycles. The first-order valence-corrected chi connectivity index (χ1v) is 7.26. The van der Waals surface area contributed by atoms with Gasteiger partial charge in [-0.15, -0.1) is 0 Å². The molecule has 3 heteroatoms. The van der Waals surface area contributed by atoms with Crippen molar-refractivity contribution in [1.29, 1.82) is 0 Å². The van der Waals surface area contributed by atoms with Crippen LogP contribution in [0.5, 0.6) is 0 Å². The minimum atomic E-state index is -0.176. The van der Waals surface area contributed by atoms with E-state index in [0.717, 1.165) is 6.42 Å². The lowest BCUT2D eigenvalue weighted by atomic mass is 9.86. The van der Waals surface area contributed by atoms with Crippen LogP contribution in [0.2, 0.25) is 0 Å². The molecule has 0 aromatic heterocycles. The van der Waals surface area contributed by atoms with Crippen LogP contribution >= 0.6 is 0 Å². The van der Waals surface area contributed by atoms with Gasteiger partial charge in [0.25, 0.3) is 5.91 Å². The fraction of sp³-hybridized carbons (Fsp3) is 0.588. The van der Waals surface area contributed by atoms with E-state index >= 15 is 0 Å². The minimum Gasteiger partial charge on any atom is -0.394 e. The van der Waals surface area contributed by atoms with Gasteiger partial charge in [0.2, 0.25) is 0 Å². The first-order valence-electron chi connectivity index (χ1n) is 7.26. The smallest absolute Gasteiger partial charge is 0.251 e. The van der Waals surface area contributed by atoms with Crippen molar-refractivity contribution >= 4 is 5.91 Å². The Hall–Kier alpha value is -1.35. The van der Waals surface area contributed by atoms with Gasteiger partial charge in [0.15, 0.2) is 0 Å². The summed E-state index contributed by atoms with van der Waals surface area (Å²) >= 11 is 0. The Morgan fingerprint density at radius 2 is 1.75 bits per heavy atom. The molecule has 0 bridgehead atoms. The predicted molar refractivity (Wildman–Crippen MR) is 82.9 cm³/mol. The average molecular weight is 277 g/mol. The Morgan fingerprint density at radius 3 is 2.15 bits per heavy atom. The molecule has 0 aliphatic carbocycles. The fourth-order valence-corrected chi connectivity index (χ4v) is 2.14. The molecule has 1 atom stereocenters. The van der Waals surface area contributed by atoms with E-state index in [-0.39, 0.29) is 24.0 Å². The average Bonchev–Trinajstić information content (AvgIpc) is 2.36. The van der Waals surface area contributed by atoms with E-state index < -0.39 is 0 Å². The number of rotatable bonds is 5. The number of aliphatic hydroxyl groups is 1. The van der Waals surface area contributed by atoms with Crippen LogP contribution in [0, 0.1) is 5.92 Å². The Labute approximate surface area is 122 Å². The maximum Gasteiger partial charge on any atom is 0.251 e. The molecule has 1 amide bonds. The third-order valence-corrected chi connectivity index (χ3v) is 3.32. The minimum absolute atomic E-state index is 0.0238. The molecule has 3 nitrogen and oxygen atoms in total. The molecule has 1 rings (SSSR count). The number of carbonyl (C=O) groups is 1. The van der Waals surface area contributed by atoms with Crippen molar-refractivity contribution in [3.05, 3.63) is 35.4 Å². The molecule has 1 unspecified atom stereocenters. The van der Waals surface area contributed by atoms with Gasteiger partial charge < -0.3 is 10.4 Å². The lowest BCUT2D eigenvalue weighted by Crippen LogP contribution is -2.38. The number of aliphatic hydroxyl groups excluding tert-OH is 1. The molecule has 0 heterocycles. The summed E-state index contributed by atoms with van der Waals surface area (Å²) in [6, 6.07) is 7.50. The predicted octanol–water partition coefficient (Wildman–Crippen LogP) is 3.12. The molecule has 0 fully saturated rings. The quantitative estimate of drug-likeness (QED) is 0.868. The van der Waals surface area contributed by atoms with Gasteiger partial charge in [-0.3, -0.25) is 4.79 Å². The highest BCUT2D eigenvalue weighted by Crippen LogP contribution is 2.22. The molecule has 1 aromatic carbocycles. The van der Waals surface area contributed by atoms with Crippen molar-refractivity contribution in [2.75, 3.05) is 6.61 Å². The van der Waals surface area contributed by atoms with E-state index in [4.69, 9.17) is 0 Å². The van der Waals surface area contributed by atoms with Crippen molar-refractivity contribution in [2.45, 2.75) is 52.5 Å². The number of hydrogen-bond acceptors (Lipinski definition) is 2. The van der Waals surface area contributed by atoms with Gasteiger partial charge in [-0.1, -0.05) is 46.8 Å². The van der Waals surface area contributed by atoms with E-state index in [1.165, 1.54) is 5.56 Å². The van der Waals surface area contributed by atoms with Crippen molar-refractivity contribution in [3.63, 3.8) is 0 Å². The van der Waals surface area contributed by atoms with Crippen LogP contribution in [0.3, 0.4) is 0 Å². The van der Waals surface area contributed by atoms with Crippen molar-refractivity contribution in [3.8, 4) is 0 Å². The molecule has 20 heavy (non-hydrogen) atoms. The molecule has 0 saturated carbocycles. The summed E-state index contributed by atoms with van der Waals surface area (Å²) in [6.07, 6.45) is 0.780. The molecule has 0 aliphatic rings. The van der Waals surface area contributed by atoms with Gasteiger partial charge in [0.05, 0.1) is 12.6 Å². The van der Waals surface area contributed by atoms with Gasteiger partial charge in [0.1, 0.15) is 0 Å². The summed E-state index contributed by atoms with van der Waals surface area (Å²) in [5.74, 6) is 0.320. The molecule has 1 aromatic rings. The first kappa shape index (κ1) is 16.7. The number of benzene rings is 1. The number of carbonyl (C=O) groups excluding carboxylic acids is 1. The summed E-state index contributed by atoms with van der Waals surface area (Å²) < 4.78 is 0. The van der Waals surface area contributed by atoms with E-state index in [1.807, 2.05) is 24.3 Å². The highest BCUT2D eigenvalue weighted by atomic mass is 16.3. The van der Waals surface area contributed by atoms with E-state index in [2.05, 4.69) is 39.9 Å². The van der Waals surface area contributed by atoms with Gasteiger partial charge >= 0.3 is 0 Å². The maximum absolute atomic E-state index is 12.1. The van der Waals surface area contributed by atoms with Crippen LogP contribution in [0.25, 0.3) is 0 Å². The summed E-state index contributed by atoms with van der Waals surface area (Å²) in [7, 11) is 0. The lowest BCUT2D eigenvalue weighted by molar-refractivity contribution is 0.0908. The fourth-order valence-electron chi connectivity index (χ4n) is 2.14. The third-order valence-electron chi connectivity index (χ3n) is 3.32. The molecule has 0 radical (unpaired) electrons. The Kier molecular flexibility index (Phi) is 5.75. The SMILES string of the molecule is CC(C)CC(CO)NC(=O)c1ccc(C(C)(C)C)cc1. The zero-order valence-corrected chi connectivity index (χ0v) is 13.2. The van der Waals surface area contributed by atoms with Gasteiger partial charge in [0, 0.05) is 5.56 Å². The molecular formula is C17H27NO2. The van der Waals surface area contributed by atoms with Gasteiger partial charge in [-0.05, 0) is 35.4 Å². The third kappa shape index (κ3) is 4.97. The largest absolute Gasteiger partial charge is 0.394 e. The van der Waals surface area contributed by atoms with Crippen molar-refractivity contribution < 1.29 is 9.90 Å². The van der Waals surface area contributed by atoms with Crippen LogP contribution in [0.4, 0.5) is 0 Å². The van der Waals surface area contributed by atoms with Crippen LogP contribution in [-0.2, 0) is 5.41 Å². The molecule has 2 N–H and O–H groups in total. The second kappa shape index (κ2) is 6.89. The van der Waals surface area contributed by atoms with Crippen molar-refractivity contribution in [2.24, 2.45) is 5.92 Å². The Morgan fingerprint density at radius 1 is 1.20 bits per heavy atom. The second-order valence-electron chi connectivity index (χ2n) is 6.81. The zero-order chi connectivity index (χ0) is 15.3. The van der Waals surface area contributed by atoms with Crippen LogP contribution in [0.1, 0.15) is 57.0 Å². The van der Waals surface area contributed by atoms with Gasteiger partial charge in [-0.2, -0.15) is 0 Å². The highest BCUT2D eigenvalue weighted by molar-refractivity contribution is 5.94. The van der Waals surface area contributed by atoms with E-state index in [0.29, 0.717) is 11.5 Å². The summed E-state index contributed by atoms with van der Waals surface area (Å²) in [5, 5.41) is 12.2. The van der Waals surface area contributed by atoms with E-state index in [9.17, 15) is 9.90 Å². The number of amides is 1. The second-order valence-corrected chi connectivity index (χ2v) is 6.81. The number of hydrogen-bond donors (Lipinski definition) is 2. The number of nitrogens with one attached hydrogen (secondary N) is 1. The Balaban J connectivity index is 2.72. The lowest BCUT2D eigenvalue weighted by Gasteiger charge is -2.20. The first-order chi connectivity index (χ1) is 9.24. The molecule has 0 aliphatic heterocycles. The zero-order valence-electron chi connectivity index (χ0n) is 13.2. The molecular weight excluding hydrogens is 250 g/mol. The summed E-state index contributed by atoms with van der Waals surface area (Å²) in [6.45, 7) is 10.6. The van der Waals surface area contributed by atoms with Crippen LogP contribution in [-0.4, -0.2) is 23.7 Å². The maximum atomic E-state index is 12.1. The normalized spacial score (nSPS) is 13.3.